The molecule has 0 atom stereocenters. The Hall–Kier alpha value is -2.82. The van der Waals surface area contributed by atoms with Crippen LogP contribution in [0, 0.1) is 11.3 Å². The van der Waals surface area contributed by atoms with E-state index in [1.54, 1.807) is 19.1 Å². The van der Waals surface area contributed by atoms with Gasteiger partial charge < -0.3 is 13.7 Å². The van der Waals surface area contributed by atoms with E-state index in [-0.39, 0.29) is 24.8 Å². The third-order valence-corrected chi connectivity index (χ3v) is 2.85. The molecule has 8 nitrogen and oxygen atoms in total. The number of hydrogen-bond donors (Lipinski definition) is 0. The Morgan fingerprint density at radius 3 is 3.00 bits per heavy atom. The third kappa shape index (κ3) is 3.39. The van der Waals surface area contributed by atoms with Crippen LogP contribution in [-0.2, 0) is 11.3 Å². The number of carbonyl (C=O) groups excluding carboxylic acids is 1. The van der Waals surface area contributed by atoms with Crippen LogP contribution in [0.25, 0.3) is 11.7 Å². The molecule has 21 heavy (non-hydrogen) atoms. The van der Waals surface area contributed by atoms with Gasteiger partial charge in [0, 0.05) is 13.1 Å². The fourth-order valence-electron chi connectivity index (χ4n) is 1.78. The van der Waals surface area contributed by atoms with Crippen molar-refractivity contribution in [3.8, 4) is 17.7 Å². The standard InChI is InChI=1S/C13H14N4O4/c1-2-16(7-4-6-14)11(18)9-17-13(19)21-12(15-17)10-5-3-8-20-10/h3,5,8H,2,4,7,9H2,1H3. The van der Waals surface area contributed by atoms with E-state index >= 15 is 0 Å². The summed E-state index contributed by atoms with van der Waals surface area (Å²) >= 11 is 0. The van der Waals surface area contributed by atoms with E-state index in [0.717, 1.165) is 4.68 Å². The second kappa shape index (κ2) is 6.56. The first kappa shape index (κ1) is 14.6. The van der Waals surface area contributed by atoms with Crippen molar-refractivity contribution in [2.45, 2.75) is 19.9 Å². The van der Waals surface area contributed by atoms with Crippen LogP contribution in [0.4, 0.5) is 0 Å². The minimum atomic E-state index is -0.730. The van der Waals surface area contributed by atoms with E-state index in [1.807, 2.05) is 6.07 Å². The highest BCUT2D eigenvalue weighted by molar-refractivity contribution is 5.75. The van der Waals surface area contributed by atoms with Gasteiger partial charge in [-0.3, -0.25) is 4.79 Å². The predicted octanol–water partition coefficient (Wildman–Crippen LogP) is 0.858. The lowest BCUT2D eigenvalue weighted by Gasteiger charge is -2.18. The smallest absolute Gasteiger partial charge is 0.437 e. The molecule has 0 fully saturated rings. The Bertz CT molecular complexity index is 693. The maximum atomic E-state index is 12.0. The van der Waals surface area contributed by atoms with Gasteiger partial charge in [-0.2, -0.15) is 9.94 Å². The highest BCUT2D eigenvalue weighted by atomic mass is 16.4. The molecular weight excluding hydrogens is 276 g/mol. The fraction of sp³-hybridized carbons (Fsp3) is 0.385. The average Bonchev–Trinajstić information content (AvgIpc) is 3.10. The van der Waals surface area contributed by atoms with Crippen LogP contribution in [0.3, 0.4) is 0 Å². The molecule has 0 aliphatic heterocycles. The molecule has 110 valence electrons. The van der Waals surface area contributed by atoms with E-state index in [0.29, 0.717) is 18.8 Å². The Morgan fingerprint density at radius 1 is 1.57 bits per heavy atom. The van der Waals surface area contributed by atoms with Crippen molar-refractivity contribution in [2.24, 2.45) is 0 Å². The largest absolute Gasteiger partial charge is 0.459 e. The zero-order valence-electron chi connectivity index (χ0n) is 11.5. The number of aromatic nitrogens is 2. The lowest BCUT2D eigenvalue weighted by Crippen LogP contribution is -2.36. The molecule has 0 radical (unpaired) electrons. The summed E-state index contributed by atoms with van der Waals surface area (Å²) in [6.45, 7) is 2.35. The molecule has 0 saturated heterocycles. The van der Waals surface area contributed by atoms with E-state index in [1.165, 1.54) is 11.2 Å². The third-order valence-electron chi connectivity index (χ3n) is 2.85. The maximum Gasteiger partial charge on any atom is 0.437 e. The van der Waals surface area contributed by atoms with Crippen LogP contribution >= 0.6 is 0 Å². The Balaban J connectivity index is 2.11. The summed E-state index contributed by atoms with van der Waals surface area (Å²) in [5, 5.41) is 12.5. The highest BCUT2D eigenvalue weighted by Gasteiger charge is 2.17. The van der Waals surface area contributed by atoms with Crippen LogP contribution in [0.1, 0.15) is 13.3 Å². The first-order valence-corrected chi connectivity index (χ1v) is 6.42. The number of hydrogen-bond acceptors (Lipinski definition) is 6. The molecule has 0 N–H and O–H groups in total. The van der Waals surface area contributed by atoms with Gasteiger partial charge in [0.1, 0.15) is 6.54 Å². The van der Waals surface area contributed by atoms with Crippen molar-refractivity contribution in [3.63, 3.8) is 0 Å². The molecule has 2 heterocycles. The summed E-state index contributed by atoms with van der Waals surface area (Å²) in [5.41, 5.74) is 0. The summed E-state index contributed by atoms with van der Waals surface area (Å²) in [7, 11) is 0. The number of nitrogens with zero attached hydrogens (tertiary/aromatic N) is 4. The summed E-state index contributed by atoms with van der Waals surface area (Å²) in [4.78, 5) is 25.2. The first-order valence-electron chi connectivity index (χ1n) is 6.42. The molecule has 1 amide bonds. The van der Waals surface area contributed by atoms with Crippen molar-refractivity contribution >= 4 is 5.91 Å². The van der Waals surface area contributed by atoms with Crippen molar-refractivity contribution in [1.82, 2.24) is 14.7 Å². The first-order chi connectivity index (χ1) is 10.2. The van der Waals surface area contributed by atoms with Crippen molar-refractivity contribution in [1.29, 1.82) is 5.26 Å². The summed E-state index contributed by atoms with van der Waals surface area (Å²) in [6.07, 6.45) is 1.67. The van der Waals surface area contributed by atoms with E-state index in [9.17, 15) is 9.59 Å². The van der Waals surface area contributed by atoms with Gasteiger partial charge in [-0.15, -0.1) is 5.10 Å². The minimum absolute atomic E-state index is 0.0258. The molecule has 0 spiro atoms. The Labute approximate surface area is 120 Å². The van der Waals surface area contributed by atoms with Crippen molar-refractivity contribution in [3.05, 3.63) is 28.9 Å². The molecule has 0 aliphatic rings. The lowest BCUT2D eigenvalue weighted by atomic mass is 10.4. The normalized spacial score (nSPS) is 10.3. The second-order valence-electron chi connectivity index (χ2n) is 4.19. The summed E-state index contributed by atoms with van der Waals surface area (Å²) in [5.74, 6) is -0.687. The molecule has 0 aromatic carbocycles. The van der Waals surface area contributed by atoms with Crippen LogP contribution in [0.5, 0.6) is 0 Å². The molecule has 2 aromatic heterocycles. The van der Waals surface area contributed by atoms with Gasteiger partial charge in [-0.1, -0.05) is 0 Å². The Kier molecular flexibility index (Phi) is 4.56. The van der Waals surface area contributed by atoms with Gasteiger partial charge >= 0.3 is 5.76 Å². The number of carbonyl (C=O) groups is 1. The topological polar surface area (TPSA) is 105 Å². The van der Waals surface area contributed by atoms with E-state index < -0.39 is 5.76 Å². The van der Waals surface area contributed by atoms with Crippen LogP contribution in [-0.4, -0.2) is 33.7 Å². The Morgan fingerprint density at radius 2 is 2.38 bits per heavy atom. The number of furan rings is 1. The molecule has 2 rings (SSSR count). The predicted molar refractivity (Wildman–Crippen MR) is 70.9 cm³/mol. The van der Waals surface area contributed by atoms with Gasteiger partial charge in [0.2, 0.25) is 5.91 Å². The monoisotopic (exact) mass is 290 g/mol. The molecule has 0 unspecified atom stereocenters. The zero-order valence-corrected chi connectivity index (χ0v) is 11.5. The van der Waals surface area contributed by atoms with Crippen molar-refractivity contribution in [2.75, 3.05) is 13.1 Å². The van der Waals surface area contributed by atoms with Crippen molar-refractivity contribution < 1.29 is 13.6 Å². The molecule has 0 aliphatic carbocycles. The van der Waals surface area contributed by atoms with Gasteiger partial charge in [0.15, 0.2) is 5.76 Å². The van der Waals surface area contributed by atoms with Gasteiger partial charge in [0.25, 0.3) is 5.89 Å². The quantitative estimate of drug-likeness (QED) is 0.781. The highest BCUT2D eigenvalue weighted by Crippen LogP contribution is 2.14. The number of amides is 1. The maximum absolute atomic E-state index is 12.0. The average molecular weight is 290 g/mol. The number of rotatable bonds is 6. The zero-order chi connectivity index (χ0) is 15.2. The summed E-state index contributed by atoms with van der Waals surface area (Å²) < 4.78 is 10.9. The number of nitriles is 1. The molecule has 0 saturated carbocycles. The van der Waals surface area contributed by atoms with E-state index in [2.05, 4.69) is 5.10 Å². The lowest BCUT2D eigenvalue weighted by molar-refractivity contribution is -0.131. The van der Waals surface area contributed by atoms with Gasteiger partial charge in [-0.05, 0) is 19.1 Å². The molecule has 8 heteroatoms. The minimum Gasteiger partial charge on any atom is -0.459 e. The van der Waals surface area contributed by atoms with Crippen LogP contribution in [0.15, 0.2) is 32.0 Å². The molecular formula is C13H14N4O4. The van der Waals surface area contributed by atoms with Gasteiger partial charge in [-0.25, -0.2) is 4.79 Å². The SMILES string of the molecule is CCN(CCC#N)C(=O)Cn1nc(-c2ccco2)oc1=O. The molecule has 2 aromatic rings. The van der Waals surface area contributed by atoms with Crippen LogP contribution in [0.2, 0.25) is 0 Å². The fourth-order valence-corrected chi connectivity index (χ4v) is 1.78. The van der Waals surface area contributed by atoms with E-state index in [4.69, 9.17) is 14.1 Å². The second-order valence-corrected chi connectivity index (χ2v) is 4.19. The number of likely N-dealkylation sites (N-methyl/N-ethyl adjacent to an activating group) is 1. The molecule has 0 bridgehead atoms. The summed E-state index contributed by atoms with van der Waals surface area (Å²) in [6, 6.07) is 5.22. The van der Waals surface area contributed by atoms with Crippen LogP contribution < -0.4 is 5.76 Å². The van der Waals surface area contributed by atoms with Gasteiger partial charge in [0.05, 0.1) is 18.8 Å².